The van der Waals surface area contributed by atoms with Crippen molar-refractivity contribution in [2.24, 2.45) is 0 Å². The first kappa shape index (κ1) is 18.4. The van der Waals surface area contributed by atoms with Crippen LogP contribution >= 0.6 is 15.9 Å². The number of anilines is 1. The maximum absolute atomic E-state index is 12.7. The first-order valence-corrected chi connectivity index (χ1v) is 10.1. The predicted octanol–water partition coefficient (Wildman–Crippen LogP) is 6.37. The Kier molecular flexibility index (Phi) is 4.48. The number of benzene rings is 4. The molecule has 6 heteroatoms. The van der Waals surface area contributed by atoms with Crippen molar-refractivity contribution in [2.75, 3.05) is 5.32 Å². The van der Waals surface area contributed by atoms with E-state index in [4.69, 9.17) is 4.42 Å². The summed E-state index contributed by atoms with van der Waals surface area (Å²) in [6, 6.07) is 23.9. The summed E-state index contributed by atoms with van der Waals surface area (Å²) in [5, 5.41) is 14.7. The third kappa shape index (κ3) is 3.42. The number of carbonyl (C=O) groups is 1. The Morgan fingerprint density at radius 1 is 0.933 bits per heavy atom. The molecular formula is C24H15BrN2O3. The number of phenolic OH excluding ortho intramolecular Hbond substituents is 1. The molecule has 5 aromatic rings. The zero-order valence-electron chi connectivity index (χ0n) is 15.6. The zero-order valence-corrected chi connectivity index (χ0v) is 17.2. The highest BCUT2D eigenvalue weighted by atomic mass is 79.9. The smallest absolute Gasteiger partial charge is 0.255 e. The van der Waals surface area contributed by atoms with Crippen LogP contribution in [-0.4, -0.2) is 16.0 Å². The van der Waals surface area contributed by atoms with Crippen molar-refractivity contribution < 1.29 is 14.3 Å². The Balaban J connectivity index is 1.42. The summed E-state index contributed by atoms with van der Waals surface area (Å²) < 4.78 is 6.38. The van der Waals surface area contributed by atoms with E-state index in [-0.39, 0.29) is 11.7 Å². The SMILES string of the molecule is O=C(Nc1ccc2oc(-c3ccc(O)c(Br)c3)nc2c1)c1ccc2ccccc2c1. The van der Waals surface area contributed by atoms with Crippen LogP contribution in [-0.2, 0) is 0 Å². The number of aromatic nitrogens is 1. The second kappa shape index (κ2) is 7.31. The Bertz CT molecular complexity index is 1420. The lowest BCUT2D eigenvalue weighted by molar-refractivity contribution is 0.102. The number of aromatic hydroxyl groups is 1. The molecule has 1 heterocycles. The molecule has 0 saturated heterocycles. The molecule has 0 radical (unpaired) electrons. The topological polar surface area (TPSA) is 75.4 Å². The average molecular weight is 459 g/mol. The zero-order chi connectivity index (χ0) is 20.7. The van der Waals surface area contributed by atoms with E-state index >= 15 is 0 Å². The number of hydrogen-bond acceptors (Lipinski definition) is 4. The van der Waals surface area contributed by atoms with Crippen molar-refractivity contribution in [3.63, 3.8) is 0 Å². The van der Waals surface area contributed by atoms with Crippen molar-refractivity contribution in [3.05, 3.63) is 88.9 Å². The summed E-state index contributed by atoms with van der Waals surface area (Å²) in [6.07, 6.45) is 0. The Morgan fingerprint density at radius 3 is 2.60 bits per heavy atom. The fourth-order valence-corrected chi connectivity index (χ4v) is 3.68. The number of phenols is 1. The van der Waals surface area contributed by atoms with Crippen LogP contribution in [0.4, 0.5) is 5.69 Å². The predicted molar refractivity (Wildman–Crippen MR) is 121 cm³/mol. The van der Waals surface area contributed by atoms with Crippen LogP contribution in [0.1, 0.15) is 10.4 Å². The Hall–Kier alpha value is -3.64. The molecule has 0 bridgehead atoms. The van der Waals surface area contributed by atoms with Gasteiger partial charge in [-0.3, -0.25) is 4.79 Å². The minimum atomic E-state index is -0.189. The molecule has 2 N–H and O–H groups in total. The number of rotatable bonds is 3. The molecule has 30 heavy (non-hydrogen) atoms. The summed E-state index contributed by atoms with van der Waals surface area (Å²) in [6.45, 7) is 0. The van der Waals surface area contributed by atoms with Gasteiger partial charge in [0.1, 0.15) is 11.3 Å². The largest absolute Gasteiger partial charge is 0.507 e. The number of halogens is 1. The van der Waals surface area contributed by atoms with Crippen LogP contribution in [0.3, 0.4) is 0 Å². The standard InChI is InChI=1S/C24H15BrN2O3/c25-19-12-17(7-9-21(19)28)24-27-20-13-18(8-10-22(20)30-24)26-23(29)16-6-5-14-3-1-2-4-15(14)11-16/h1-13,28H,(H,26,29). The van der Waals surface area contributed by atoms with Crippen LogP contribution in [0.25, 0.3) is 33.3 Å². The normalized spacial score (nSPS) is 11.1. The molecule has 0 fully saturated rings. The number of oxazole rings is 1. The van der Waals surface area contributed by atoms with E-state index in [9.17, 15) is 9.90 Å². The highest BCUT2D eigenvalue weighted by molar-refractivity contribution is 9.10. The van der Waals surface area contributed by atoms with Gasteiger partial charge in [-0.15, -0.1) is 0 Å². The van der Waals surface area contributed by atoms with Gasteiger partial charge in [0.15, 0.2) is 5.58 Å². The maximum atomic E-state index is 12.7. The van der Waals surface area contributed by atoms with Gasteiger partial charge in [0, 0.05) is 16.8 Å². The van der Waals surface area contributed by atoms with Gasteiger partial charge in [0.25, 0.3) is 5.91 Å². The van der Waals surface area contributed by atoms with Gasteiger partial charge in [-0.1, -0.05) is 30.3 Å². The molecule has 0 unspecified atom stereocenters. The average Bonchev–Trinajstić information content (AvgIpc) is 3.18. The molecule has 0 aliphatic heterocycles. The lowest BCUT2D eigenvalue weighted by Gasteiger charge is -2.06. The van der Waals surface area contributed by atoms with Gasteiger partial charge in [-0.25, -0.2) is 4.98 Å². The van der Waals surface area contributed by atoms with Crippen LogP contribution in [0.2, 0.25) is 0 Å². The molecular weight excluding hydrogens is 444 g/mol. The molecule has 0 spiro atoms. The fraction of sp³-hybridized carbons (Fsp3) is 0. The monoisotopic (exact) mass is 458 g/mol. The van der Waals surface area contributed by atoms with E-state index in [1.807, 2.05) is 42.5 Å². The van der Waals surface area contributed by atoms with Crippen LogP contribution < -0.4 is 5.32 Å². The first-order valence-electron chi connectivity index (χ1n) is 9.26. The molecule has 1 amide bonds. The number of hydrogen-bond donors (Lipinski definition) is 2. The van der Waals surface area contributed by atoms with Crippen LogP contribution in [0, 0.1) is 0 Å². The Morgan fingerprint density at radius 2 is 1.77 bits per heavy atom. The van der Waals surface area contributed by atoms with E-state index in [1.54, 1.807) is 36.4 Å². The van der Waals surface area contributed by atoms with Gasteiger partial charge >= 0.3 is 0 Å². The van der Waals surface area contributed by atoms with Gasteiger partial charge in [0.05, 0.1) is 4.47 Å². The molecule has 5 nitrogen and oxygen atoms in total. The van der Waals surface area contributed by atoms with Crippen molar-refractivity contribution in [2.45, 2.75) is 0 Å². The molecule has 146 valence electrons. The highest BCUT2D eigenvalue weighted by Crippen LogP contribution is 2.31. The minimum Gasteiger partial charge on any atom is -0.507 e. The molecule has 0 aliphatic rings. The third-order valence-corrected chi connectivity index (χ3v) is 5.49. The summed E-state index contributed by atoms with van der Waals surface area (Å²) in [5.74, 6) is 0.392. The summed E-state index contributed by atoms with van der Waals surface area (Å²) in [7, 11) is 0. The molecule has 1 aromatic heterocycles. The van der Waals surface area contributed by atoms with Crippen molar-refractivity contribution in [3.8, 4) is 17.2 Å². The molecule has 0 atom stereocenters. The van der Waals surface area contributed by atoms with E-state index in [1.165, 1.54) is 0 Å². The summed E-state index contributed by atoms with van der Waals surface area (Å²) in [4.78, 5) is 17.2. The van der Waals surface area contributed by atoms with Crippen molar-refractivity contribution in [1.29, 1.82) is 0 Å². The number of nitrogens with zero attached hydrogens (tertiary/aromatic N) is 1. The summed E-state index contributed by atoms with van der Waals surface area (Å²) in [5.41, 5.74) is 3.19. The van der Waals surface area contributed by atoms with E-state index in [0.29, 0.717) is 32.7 Å². The molecule has 4 aromatic carbocycles. The maximum Gasteiger partial charge on any atom is 0.255 e. The van der Waals surface area contributed by atoms with Crippen LogP contribution in [0.15, 0.2) is 87.8 Å². The van der Waals surface area contributed by atoms with E-state index in [2.05, 4.69) is 26.2 Å². The summed E-state index contributed by atoms with van der Waals surface area (Å²) >= 11 is 3.30. The molecule has 5 rings (SSSR count). The van der Waals surface area contributed by atoms with Crippen molar-refractivity contribution in [1.82, 2.24) is 4.98 Å². The Labute approximate surface area is 180 Å². The van der Waals surface area contributed by atoms with E-state index < -0.39 is 0 Å². The minimum absolute atomic E-state index is 0.147. The number of amides is 1. The van der Waals surface area contributed by atoms with Crippen LogP contribution in [0.5, 0.6) is 5.75 Å². The highest BCUT2D eigenvalue weighted by Gasteiger charge is 2.12. The van der Waals surface area contributed by atoms with Gasteiger partial charge in [0.2, 0.25) is 5.89 Å². The van der Waals surface area contributed by atoms with Gasteiger partial charge in [-0.2, -0.15) is 0 Å². The van der Waals surface area contributed by atoms with Gasteiger partial charge in [-0.05, 0) is 75.2 Å². The lowest BCUT2D eigenvalue weighted by atomic mass is 10.1. The third-order valence-electron chi connectivity index (χ3n) is 4.85. The number of fused-ring (bicyclic) bond motifs is 2. The van der Waals surface area contributed by atoms with Gasteiger partial charge < -0.3 is 14.8 Å². The quantitative estimate of drug-likeness (QED) is 0.329. The molecule has 0 aliphatic carbocycles. The number of nitrogens with one attached hydrogen (secondary N) is 1. The van der Waals surface area contributed by atoms with Crippen molar-refractivity contribution >= 4 is 49.4 Å². The first-order chi connectivity index (χ1) is 14.6. The molecule has 0 saturated carbocycles. The van der Waals surface area contributed by atoms with E-state index in [0.717, 1.165) is 16.3 Å². The number of carbonyl (C=O) groups excluding carboxylic acids is 1. The second-order valence-corrected chi connectivity index (χ2v) is 7.74. The lowest BCUT2D eigenvalue weighted by Crippen LogP contribution is -2.11. The second-order valence-electron chi connectivity index (χ2n) is 6.88. The fourth-order valence-electron chi connectivity index (χ4n) is 3.30.